The summed E-state index contributed by atoms with van der Waals surface area (Å²) < 4.78 is 19.0. The Labute approximate surface area is 223 Å². The van der Waals surface area contributed by atoms with E-state index in [1.165, 1.54) is 12.1 Å². The van der Waals surface area contributed by atoms with Crippen molar-refractivity contribution < 1.29 is 23.5 Å². The second-order valence-electron chi connectivity index (χ2n) is 9.71. The van der Waals surface area contributed by atoms with Crippen molar-refractivity contribution in [3.63, 3.8) is 0 Å². The van der Waals surface area contributed by atoms with Crippen molar-refractivity contribution in [2.75, 3.05) is 39.3 Å². The Bertz CT molecular complexity index is 1210. The zero-order chi connectivity index (χ0) is 27.4. The summed E-state index contributed by atoms with van der Waals surface area (Å²) in [7, 11) is 0. The number of esters is 1. The van der Waals surface area contributed by atoms with E-state index in [1.807, 2.05) is 49.9 Å². The first-order valence-electron chi connectivity index (χ1n) is 13.1. The van der Waals surface area contributed by atoms with Crippen LogP contribution in [0, 0.1) is 12.7 Å². The summed E-state index contributed by atoms with van der Waals surface area (Å²) in [6, 6.07) is 12.2. The zero-order valence-electron chi connectivity index (χ0n) is 22.4. The fourth-order valence-corrected chi connectivity index (χ4v) is 5.12. The van der Waals surface area contributed by atoms with E-state index in [2.05, 4.69) is 10.2 Å². The number of hydrogen-bond acceptors (Lipinski definition) is 5. The van der Waals surface area contributed by atoms with Crippen molar-refractivity contribution >= 4 is 17.9 Å². The largest absolute Gasteiger partial charge is 0.463 e. The van der Waals surface area contributed by atoms with E-state index in [0.29, 0.717) is 55.1 Å². The molecule has 2 aromatic rings. The third-order valence-corrected chi connectivity index (χ3v) is 7.10. The zero-order valence-corrected chi connectivity index (χ0v) is 22.4. The fraction of sp³-hybridized carbons (Fsp3) is 0.414. The van der Waals surface area contributed by atoms with Gasteiger partial charge in [0, 0.05) is 50.0 Å². The van der Waals surface area contributed by atoms with Gasteiger partial charge in [-0.15, -0.1) is 0 Å². The van der Waals surface area contributed by atoms with Gasteiger partial charge in [-0.05, 0) is 57.5 Å². The van der Waals surface area contributed by atoms with E-state index in [4.69, 9.17) is 4.74 Å². The van der Waals surface area contributed by atoms with Crippen LogP contribution >= 0.6 is 0 Å². The van der Waals surface area contributed by atoms with Crippen LogP contribution in [0.1, 0.15) is 48.3 Å². The topological polar surface area (TPSA) is 82.2 Å². The Morgan fingerprint density at radius 2 is 1.74 bits per heavy atom. The summed E-state index contributed by atoms with van der Waals surface area (Å²) >= 11 is 0. The minimum Gasteiger partial charge on any atom is -0.463 e. The summed E-state index contributed by atoms with van der Waals surface area (Å²) in [4.78, 5) is 45.1. The van der Waals surface area contributed by atoms with Gasteiger partial charge in [-0.25, -0.2) is 14.0 Å². The highest BCUT2D eigenvalue weighted by Gasteiger charge is 2.39. The normalized spacial score (nSPS) is 20.4. The molecule has 38 heavy (non-hydrogen) atoms. The molecule has 2 aliphatic rings. The summed E-state index contributed by atoms with van der Waals surface area (Å²) in [5, 5.41) is 2.90. The van der Waals surface area contributed by atoms with Crippen LogP contribution in [0.5, 0.6) is 0 Å². The van der Waals surface area contributed by atoms with Crippen LogP contribution in [-0.2, 0) is 9.53 Å². The molecular weight excluding hydrogens is 487 g/mol. The van der Waals surface area contributed by atoms with E-state index >= 15 is 0 Å². The summed E-state index contributed by atoms with van der Waals surface area (Å²) in [5.74, 6) is -0.927. The van der Waals surface area contributed by atoms with Gasteiger partial charge in [0.05, 0.1) is 18.2 Å². The van der Waals surface area contributed by atoms with E-state index in [1.54, 1.807) is 24.0 Å². The molecule has 8 nitrogen and oxygen atoms in total. The lowest BCUT2D eigenvalue weighted by molar-refractivity contribution is -0.139. The van der Waals surface area contributed by atoms with Gasteiger partial charge in [-0.3, -0.25) is 14.6 Å². The molecule has 2 aliphatic heterocycles. The average molecular weight is 523 g/mol. The molecule has 0 bridgehead atoms. The number of urea groups is 1. The quantitative estimate of drug-likeness (QED) is 0.558. The molecule has 202 valence electrons. The van der Waals surface area contributed by atoms with Gasteiger partial charge in [0.2, 0.25) is 0 Å². The minimum absolute atomic E-state index is 0.00724. The van der Waals surface area contributed by atoms with Gasteiger partial charge in [-0.2, -0.15) is 0 Å². The molecule has 3 amide bonds. The van der Waals surface area contributed by atoms with Crippen LogP contribution in [0.4, 0.5) is 9.18 Å². The summed E-state index contributed by atoms with van der Waals surface area (Å²) in [6.07, 6.45) is 0. The minimum atomic E-state index is -0.762. The van der Waals surface area contributed by atoms with Gasteiger partial charge in [-0.1, -0.05) is 29.8 Å². The highest BCUT2D eigenvalue weighted by molar-refractivity contribution is 5.95. The number of benzene rings is 2. The van der Waals surface area contributed by atoms with Crippen LogP contribution in [0.25, 0.3) is 0 Å². The predicted octanol–water partition coefficient (Wildman–Crippen LogP) is 3.88. The highest BCUT2D eigenvalue weighted by Crippen LogP contribution is 2.32. The number of amides is 3. The van der Waals surface area contributed by atoms with Gasteiger partial charge < -0.3 is 15.0 Å². The van der Waals surface area contributed by atoms with Crippen molar-refractivity contribution in [1.82, 2.24) is 20.0 Å². The predicted molar refractivity (Wildman–Crippen MR) is 142 cm³/mol. The summed E-state index contributed by atoms with van der Waals surface area (Å²) in [5.41, 5.74) is 3.26. The van der Waals surface area contributed by atoms with Crippen molar-refractivity contribution in [1.29, 1.82) is 0 Å². The van der Waals surface area contributed by atoms with Crippen LogP contribution in [0.2, 0.25) is 0 Å². The Kier molecular flexibility index (Phi) is 8.46. The molecule has 0 unspecified atom stereocenters. The number of rotatable bonds is 7. The van der Waals surface area contributed by atoms with E-state index < -0.39 is 17.8 Å². The Hall–Kier alpha value is -3.72. The van der Waals surface area contributed by atoms with Crippen molar-refractivity contribution in [2.24, 2.45) is 0 Å². The number of ether oxygens (including phenoxy) is 1. The number of nitrogens with zero attached hydrogens (tertiary/aromatic N) is 3. The lowest BCUT2D eigenvalue weighted by atomic mass is 9.94. The van der Waals surface area contributed by atoms with Gasteiger partial charge in [0.1, 0.15) is 5.82 Å². The standard InChI is InChI=1S/C29H35FN4O4/c1-5-33-24(18-32-15-16-34(20(4)17-32)27(35)22-9-7-19(3)8-10-22)25(28(36)38-6-2)26(31-29(33)37)21-11-13-23(30)14-12-21/h7-14,20,26H,5-6,15-18H2,1-4H3,(H,31,37)/t20-,26+/m1/s1. The fourth-order valence-electron chi connectivity index (χ4n) is 5.12. The maximum atomic E-state index is 13.6. The van der Waals surface area contributed by atoms with Crippen LogP contribution in [0.3, 0.4) is 0 Å². The molecule has 2 atom stereocenters. The molecule has 0 saturated carbocycles. The lowest BCUT2D eigenvalue weighted by Crippen LogP contribution is -2.56. The molecule has 1 N–H and O–H groups in total. The maximum absolute atomic E-state index is 13.6. The first-order valence-corrected chi connectivity index (χ1v) is 13.1. The SMILES string of the molecule is CCOC(=O)C1=C(CN2CCN(C(=O)c3ccc(C)cc3)[C@H](C)C2)N(CC)C(=O)N[C@H]1c1ccc(F)cc1. The van der Waals surface area contributed by atoms with Crippen molar-refractivity contribution in [2.45, 2.75) is 39.8 Å². The number of carbonyl (C=O) groups is 3. The molecular formula is C29H35FN4O4. The number of nitrogens with one attached hydrogen (secondary N) is 1. The second-order valence-corrected chi connectivity index (χ2v) is 9.71. The van der Waals surface area contributed by atoms with Gasteiger partial charge in [0.25, 0.3) is 5.91 Å². The number of carbonyl (C=O) groups excluding carboxylic acids is 3. The number of halogens is 1. The molecule has 1 saturated heterocycles. The first-order chi connectivity index (χ1) is 18.2. The van der Waals surface area contributed by atoms with E-state index in [-0.39, 0.29) is 24.6 Å². The van der Waals surface area contributed by atoms with E-state index in [0.717, 1.165) is 5.56 Å². The third kappa shape index (κ3) is 5.72. The Morgan fingerprint density at radius 3 is 2.34 bits per heavy atom. The molecule has 0 radical (unpaired) electrons. The van der Waals surface area contributed by atoms with Gasteiger partial charge in [0.15, 0.2) is 0 Å². The van der Waals surface area contributed by atoms with Gasteiger partial charge >= 0.3 is 12.0 Å². The second kappa shape index (κ2) is 11.8. The number of piperazine rings is 1. The highest BCUT2D eigenvalue weighted by atomic mass is 19.1. The number of hydrogen-bond donors (Lipinski definition) is 1. The first kappa shape index (κ1) is 27.3. The Morgan fingerprint density at radius 1 is 1.05 bits per heavy atom. The molecule has 4 rings (SSSR count). The smallest absolute Gasteiger partial charge is 0.338 e. The number of likely N-dealkylation sites (N-methyl/N-ethyl adjacent to an activating group) is 1. The number of aryl methyl sites for hydroxylation is 1. The average Bonchev–Trinajstić information content (AvgIpc) is 2.89. The lowest BCUT2D eigenvalue weighted by Gasteiger charge is -2.43. The Balaban J connectivity index is 1.62. The molecule has 2 aromatic carbocycles. The molecule has 0 spiro atoms. The third-order valence-electron chi connectivity index (χ3n) is 7.10. The maximum Gasteiger partial charge on any atom is 0.338 e. The van der Waals surface area contributed by atoms with Crippen LogP contribution < -0.4 is 5.32 Å². The summed E-state index contributed by atoms with van der Waals surface area (Å²) in [6.45, 7) is 10.1. The molecule has 0 aliphatic carbocycles. The van der Waals surface area contributed by atoms with Crippen molar-refractivity contribution in [3.8, 4) is 0 Å². The molecule has 0 aromatic heterocycles. The van der Waals surface area contributed by atoms with Crippen LogP contribution in [0.15, 0.2) is 59.8 Å². The van der Waals surface area contributed by atoms with Crippen LogP contribution in [-0.4, -0.2) is 78.0 Å². The molecule has 2 heterocycles. The molecule has 1 fully saturated rings. The van der Waals surface area contributed by atoms with E-state index in [9.17, 15) is 18.8 Å². The van der Waals surface area contributed by atoms with Crippen molar-refractivity contribution in [3.05, 3.63) is 82.3 Å². The monoisotopic (exact) mass is 522 g/mol. The molecule has 9 heteroatoms.